The van der Waals surface area contributed by atoms with E-state index in [0.29, 0.717) is 16.1 Å². The molecule has 152 valence electrons. The Kier molecular flexibility index (Phi) is 8.36. The van der Waals surface area contributed by atoms with E-state index in [1.807, 2.05) is 0 Å². The molecule has 7 nitrogen and oxygen atoms in total. The lowest BCUT2D eigenvalue weighted by atomic mass is 10.1. The third-order valence-corrected chi connectivity index (χ3v) is 4.20. The predicted octanol–water partition coefficient (Wildman–Crippen LogP) is 2.95. The third-order valence-electron chi connectivity index (χ3n) is 3.95. The van der Waals surface area contributed by atoms with E-state index >= 15 is 0 Å². The number of esters is 2. The first-order valence-electron chi connectivity index (χ1n) is 8.77. The number of Topliss-reactive ketones (excluding diaryl/α,β-unsaturated/α-hetero) is 1. The molecule has 0 spiro atoms. The molecule has 0 bridgehead atoms. The number of amides is 1. The Bertz CT molecular complexity index is 877. The molecule has 2 rings (SSSR count). The normalized spacial score (nSPS) is 10.1. The van der Waals surface area contributed by atoms with Gasteiger partial charge in [0.2, 0.25) is 0 Å². The molecular formula is C21H20ClNO6. The number of nitrogens with one attached hydrogen (secondary N) is 1. The topological polar surface area (TPSA) is 98.8 Å². The van der Waals surface area contributed by atoms with Gasteiger partial charge in [-0.3, -0.25) is 14.4 Å². The summed E-state index contributed by atoms with van der Waals surface area (Å²) in [5, 5.41) is 3.12. The van der Waals surface area contributed by atoms with E-state index < -0.39 is 24.5 Å². The highest BCUT2D eigenvalue weighted by molar-refractivity contribution is 6.30. The molecule has 0 aliphatic carbocycles. The number of carbonyl (C=O) groups excluding carboxylic acids is 4. The molecule has 0 unspecified atom stereocenters. The molecule has 8 heteroatoms. The Labute approximate surface area is 172 Å². The lowest BCUT2D eigenvalue weighted by molar-refractivity contribution is -0.148. The third kappa shape index (κ3) is 7.38. The molecule has 0 saturated heterocycles. The average Bonchev–Trinajstić information content (AvgIpc) is 2.74. The maximum atomic E-state index is 12.0. The van der Waals surface area contributed by atoms with Gasteiger partial charge in [0, 0.05) is 23.6 Å². The summed E-state index contributed by atoms with van der Waals surface area (Å²) in [6, 6.07) is 12.9. The summed E-state index contributed by atoms with van der Waals surface area (Å²) in [7, 11) is 1.30. The quantitative estimate of drug-likeness (QED) is 0.497. The van der Waals surface area contributed by atoms with Crippen molar-refractivity contribution in [3.8, 4) is 0 Å². The number of hydrogen-bond donors (Lipinski definition) is 1. The van der Waals surface area contributed by atoms with Crippen LogP contribution in [-0.2, 0) is 25.6 Å². The predicted molar refractivity (Wildman–Crippen MR) is 106 cm³/mol. The second-order valence-corrected chi connectivity index (χ2v) is 6.49. The number of ketones is 1. The fraction of sp³-hybridized carbons (Fsp3) is 0.238. The van der Waals surface area contributed by atoms with Crippen molar-refractivity contribution in [3.63, 3.8) is 0 Å². The number of methoxy groups -OCH3 is 1. The zero-order chi connectivity index (χ0) is 21.2. The maximum Gasteiger partial charge on any atom is 0.337 e. The van der Waals surface area contributed by atoms with Crippen LogP contribution in [-0.4, -0.2) is 37.3 Å². The van der Waals surface area contributed by atoms with Gasteiger partial charge in [-0.05, 0) is 42.0 Å². The van der Waals surface area contributed by atoms with E-state index in [0.717, 1.165) is 5.56 Å². The monoisotopic (exact) mass is 417 g/mol. The molecular weight excluding hydrogens is 398 g/mol. The first kappa shape index (κ1) is 22.1. The highest BCUT2D eigenvalue weighted by Gasteiger charge is 2.12. The van der Waals surface area contributed by atoms with Crippen LogP contribution >= 0.6 is 11.6 Å². The Balaban J connectivity index is 1.67. The van der Waals surface area contributed by atoms with Gasteiger partial charge in [0.25, 0.3) is 5.91 Å². The van der Waals surface area contributed by atoms with Crippen molar-refractivity contribution < 1.29 is 28.7 Å². The Morgan fingerprint density at radius 3 is 2.14 bits per heavy atom. The van der Waals surface area contributed by atoms with Crippen molar-refractivity contribution in [2.24, 2.45) is 0 Å². The second-order valence-electron chi connectivity index (χ2n) is 6.06. The Morgan fingerprint density at radius 2 is 1.52 bits per heavy atom. The van der Waals surface area contributed by atoms with Crippen molar-refractivity contribution >= 4 is 35.2 Å². The van der Waals surface area contributed by atoms with Crippen molar-refractivity contribution in [2.75, 3.05) is 13.7 Å². The van der Waals surface area contributed by atoms with E-state index in [1.54, 1.807) is 48.5 Å². The van der Waals surface area contributed by atoms with Crippen LogP contribution in [0.1, 0.15) is 39.1 Å². The molecule has 0 aliphatic heterocycles. The zero-order valence-electron chi connectivity index (χ0n) is 15.8. The summed E-state index contributed by atoms with van der Waals surface area (Å²) in [4.78, 5) is 46.9. The van der Waals surface area contributed by atoms with Gasteiger partial charge in [0.15, 0.2) is 12.4 Å². The van der Waals surface area contributed by atoms with Crippen LogP contribution < -0.4 is 5.32 Å². The van der Waals surface area contributed by atoms with E-state index in [2.05, 4.69) is 10.1 Å². The lowest BCUT2D eigenvalue weighted by Gasteiger charge is -2.07. The van der Waals surface area contributed by atoms with Gasteiger partial charge in [0.05, 0.1) is 19.1 Å². The van der Waals surface area contributed by atoms with E-state index in [1.165, 1.54) is 7.11 Å². The molecule has 29 heavy (non-hydrogen) atoms. The largest absolute Gasteiger partial charge is 0.465 e. The van der Waals surface area contributed by atoms with Crippen LogP contribution in [0.3, 0.4) is 0 Å². The van der Waals surface area contributed by atoms with Gasteiger partial charge in [0.1, 0.15) is 0 Å². The number of carbonyl (C=O) groups is 4. The number of rotatable bonds is 9. The average molecular weight is 418 g/mol. The van der Waals surface area contributed by atoms with Crippen LogP contribution in [0, 0.1) is 0 Å². The van der Waals surface area contributed by atoms with Crippen molar-refractivity contribution in [1.82, 2.24) is 5.32 Å². The summed E-state index contributed by atoms with van der Waals surface area (Å²) >= 11 is 5.76. The molecule has 0 heterocycles. The van der Waals surface area contributed by atoms with Gasteiger partial charge in [-0.1, -0.05) is 23.7 Å². The first-order valence-corrected chi connectivity index (χ1v) is 9.15. The minimum absolute atomic E-state index is 0.0192. The van der Waals surface area contributed by atoms with E-state index in [4.69, 9.17) is 16.3 Å². The summed E-state index contributed by atoms with van der Waals surface area (Å²) in [6.45, 7) is -0.221. The molecule has 2 aromatic carbocycles. The molecule has 0 radical (unpaired) electrons. The van der Waals surface area contributed by atoms with Crippen molar-refractivity contribution in [2.45, 2.75) is 19.4 Å². The van der Waals surface area contributed by atoms with Gasteiger partial charge in [-0.25, -0.2) is 4.79 Å². The zero-order valence-corrected chi connectivity index (χ0v) is 16.5. The highest BCUT2D eigenvalue weighted by atomic mass is 35.5. The molecule has 1 N–H and O–H groups in total. The molecule has 0 fully saturated rings. The van der Waals surface area contributed by atoms with E-state index in [-0.39, 0.29) is 25.2 Å². The summed E-state index contributed by atoms with van der Waals surface area (Å²) < 4.78 is 9.49. The SMILES string of the molecule is COC(=O)c1ccc(CNC(=O)COC(=O)CCC(=O)c2ccc(Cl)cc2)cc1. The molecule has 2 aromatic rings. The number of hydrogen-bond acceptors (Lipinski definition) is 6. The van der Waals surface area contributed by atoms with Crippen LogP contribution in [0.4, 0.5) is 0 Å². The smallest absolute Gasteiger partial charge is 0.337 e. The molecule has 0 aromatic heterocycles. The van der Waals surface area contributed by atoms with Crippen LogP contribution in [0.25, 0.3) is 0 Å². The second kappa shape index (κ2) is 11.0. The molecule has 1 amide bonds. The summed E-state index contributed by atoms with van der Waals surface area (Å²) in [5.41, 5.74) is 1.63. The standard InChI is InChI=1S/C21H20ClNO6/c1-28-21(27)16-4-2-14(3-5-16)12-23-19(25)13-29-20(26)11-10-18(24)15-6-8-17(22)9-7-15/h2-9H,10-13H2,1H3,(H,23,25). The van der Waals surface area contributed by atoms with Gasteiger partial charge in [-0.15, -0.1) is 0 Å². The van der Waals surface area contributed by atoms with Crippen LogP contribution in [0.2, 0.25) is 5.02 Å². The Morgan fingerprint density at radius 1 is 0.897 bits per heavy atom. The van der Waals surface area contributed by atoms with Crippen LogP contribution in [0.5, 0.6) is 0 Å². The molecule has 0 aliphatic rings. The lowest BCUT2D eigenvalue weighted by Crippen LogP contribution is -2.28. The minimum Gasteiger partial charge on any atom is -0.465 e. The summed E-state index contributed by atoms with van der Waals surface area (Å²) in [6.07, 6.45) is -0.141. The van der Waals surface area contributed by atoms with Crippen molar-refractivity contribution in [1.29, 1.82) is 0 Å². The van der Waals surface area contributed by atoms with Gasteiger partial charge >= 0.3 is 11.9 Å². The molecule has 0 saturated carbocycles. The fourth-order valence-corrected chi connectivity index (χ4v) is 2.47. The highest BCUT2D eigenvalue weighted by Crippen LogP contribution is 2.12. The number of benzene rings is 2. The summed E-state index contributed by atoms with van der Waals surface area (Å²) in [5.74, 6) is -1.76. The van der Waals surface area contributed by atoms with Gasteiger partial charge < -0.3 is 14.8 Å². The minimum atomic E-state index is -0.634. The number of ether oxygens (including phenoxy) is 2. The van der Waals surface area contributed by atoms with E-state index in [9.17, 15) is 19.2 Å². The Hall–Kier alpha value is -3.19. The number of halogens is 1. The van der Waals surface area contributed by atoms with Gasteiger partial charge in [-0.2, -0.15) is 0 Å². The fourth-order valence-electron chi connectivity index (χ4n) is 2.34. The van der Waals surface area contributed by atoms with Crippen molar-refractivity contribution in [3.05, 3.63) is 70.2 Å². The first-order chi connectivity index (χ1) is 13.9. The van der Waals surface area contributed by atoms with Crippen LogP contribution in [0.15, 0.2) is 48.5 Å². The maximum absolute atomic E-state index is 12.0. The molecule has 0 atom stereocenters.